The smallest absolute Gasteiger partial charge is 0.0709 e. The van der Waals surface area contributed by atoms with E-state index in [-0.39, 0.29) is 0 Å². The number of rotatable bonds is 2. The average Bonchev–Trinajstić information content (AvgIpc) is 2.72. The minimum absolute atomic E-state index is 1.09. The van der Waals surface area contributed by atoms with Gasteiger partial charge in [-0.2, -0.15) is 0 Å². The highest BCUT2D eigenvalue weighted by atomic mass is 32.1. The Kier molecular flexibility index (Phi) is 11.0. The third-order valence-corrected chi connectivity index (χ3v) is 3.28. The molecule has 2 rings (SSSR count). The van der Waals surface area contributed by atoms with Crippen molar-refractivity contribution >= 4 is 33.9 Å². The Morgan fingerprint density at radius 1 is 0.857 bits per heavy atom. The molecule has 116 valence electrons. The number of para-hydroxylation sites is 1. The van der Waals surface area contributed by atoms with Gasteiger partial charge in [0.25, 0.3) is 0 Å². The van der Waals surface area contributed by atoms with Crippen LogP contribution in [0, 0.1) is 0 Å². The molecule has 0 spiro atoms. The van der Waals surface area contributed by atoms with E-state index in [9.17, 15) is 0 Å². The number of aromatic amines is 2. The molecule has 21 heavy (non-hydrogen) atoms. The Bertz CT molecular complexity index is 596. The van der Waals surface area contributed by atoms with Crippen molar-refractivity contribution in [1.29, 1.82) is 0 Å². The van der Waals surface area contributed by atoms with Crippen LogP contribution in [-0.4, -0.2) is 9.36 Å². The van der Waals surface area contributed by atoms with Crippen LogP contribution >= 0.6 is 11.5 Å². The zero-order valence-electron chi connectivity index (χ0n) is 14.0. The highest BCUT2D eigenvalue weighted by Crippen LogP contribution is 2.17. The quantitative estimate of drug-likeness (QED) is 0.611. The summed E-state index contributed by atoms with van der Waals surface area (Å²) >= 11 is 1.63. The Morgan fingerprint density at radius 3 is 2.05 bits per heavy atom. The van der Waals surface area contributed by atoms with Gasteiger partial charge in [-0.1, -0.05) is 63.5 Å². The predicted molar refractivity (Wildman–Crippen MR) is 100 cm³/mol. The number of nitrogens with one attached hydrogen (secondary N) is 2. The summed E-state index contributed by atoms with van der Waals surface area (Å²) in [7, 11) is 0. The van der Waals surface area contributed by atoms with Crippen molar-refractivity contribution < 1.29 is 0 Å². The molecule has 0 unspecified atom stereocenters. The van der Waals surface area contributed by atoms with E-state index in [1.807, 2.05) is 65.8 Å². The second-order valence-corrected chi connectivity index (χ2v) is 4.50. The SMILES string of the molecule is C/C=C\c1[nH]sc2ccccc2[nH]c1/C=C\C.CC.CC. The molecule has 0 aliphatic carbocycles. The van der Waals surface area contributed by atoms with Crippen molar-refractivity contribution in [3.05, 3.63) is 47.8 Å². The summed E-state index contributed by atoms with van der Waals surface area (Å²) in [5, 5.41) is 0. The molecule has 2 aromatic rings. The van der Waals surface area contributed by atoms with E-state index in [4.69, 9.17) is 0 Å². The number of hydrogen-bond donors (Lipinski definition) is 2. The number of aromatic nitrogens is 2. The van der Waals surface area contributed by atoms with Crippen molar-refractivity contribution in [2.45, 2.75) is 41.5 Å². The first-order valence-corrected chi connectivity index (χ1v) is 8.45. The molecule has 0 fully saturated rings. The molecule has 1 aromatic carbocycles. The van der Waals surface area contributed by atoms with Gasteiger partial charge in [-0.25, -0.2) is 0 Å². The van der Waals surface area contributed by atoms with Crippen molar-refractivity contribution in [3.63, 3.8) is 0 Å². The highest BCUT2D eigenvalue weighted by Gasteiger charge is 1.97. The third-order valence-electron chi connectivity index (χ3n) is 2.38. The normalized spacial score (nSPS) is 10.0. The van der Waals surface area contributed by atoms with E-state index in [0.717, 1.165) is 16.9 Å². The van der Waals surface area contributed by atoms with Gasteiger partial charge in [0.2, 0.25) is 0 Å². The molecular formula is C18H28N2S. The van der Waals surface area contributed by atoms with Gasteiger partial charge in [-0.05, 0) is 38.1 Å². The van der Waals surface area contributed by atoms with Crippen LogP contribution in [0.2, 0.25) is 0 Å². The minimum Gasteiger partial charge on any atom is -0.353 e. The summed E-state index contributed by atoms with van der Waals surface area (Å²) in [5.41, 5.74) is 3.31. The van der Waals surface area contributed by atoms with Gasteiger partial charge in [-0.3, -0.25) is 0 Å². The van der Waals surface area contributed by atoms with Crippen molar-refractivity contribution in [1.82, 2.24) is 9.36 Å². The molecule has 1 aromatic heterocycles. The summed E-state index contributed by atoms with van der Waals surface area (Å²) in [6.07, 6.45) is 8.21. The zero-order valence-corrected chi connectivity index (χ0v) is 14.8. The van der Waals surface area contributed by atoms with E-state index in [2.05, 4.69) is 33.6 Å². The topological polar surface area (TPSA) is 31.6 Å². The molecule has 3 heteroatoms. The summed E-state index contributed by atoms with van der Waals surface area (Å²) in [6, 6.07) is 8.28. The molecule has 0 aliphatic rings. The second kappa shape index (κ2) is 12.0. The van der Waals surface area contributed by atoms with Crippen LogP contribution in [0.15, 0.2) is 36.4 Å². The number of fused-ring (bicyclic) bond motifs is 1. The maximum absolute atomic E-state index is 3.45. The Morgan fingerprint density at radius 2 is 1.43 bits per heavy atom. The van der Waals surface area contributed by atoms with Crippen molar-refractivity contribution in [3.8, 4) is 0 Å². The molecule has 0 radical (unpaired) electrons. The van der Waals surface area contributed by atoms with Crippen LogP contribution in [0.3, 0.4) is 0 Å². The summed E-state index contributed by atoms with van der Waals surface area (Å²) < 4.78 is 4.57. The van der Waals surface area contributed by atoms with Gasteiger partial charge >= 0.3 is 0 Å². The van der Waals surface area contributed by atoms with Crippen LogP contribution < -0.4 is 0 Å². The van der Waals surface area contributed by atoms with Crippen LogP contribution in [0.5, 0.6) is 0 Å². The van der Waals surface area contributed by atoms with Crippen LogP contribution in [-0.2, 0) is 0 Å². The Labute approximate surface area is 133 Å². The molecule has 0 saturated carbocycles. The molecule has 0 bridgehead atoms. The molecule has 0 atom stereocenters. The molecule has 2 nitrogen and oxygen atoms in total. The van der Waals surface area contributed by atoms with Crippen LogP contribution in [0.1, 0.15) is 52.9 Å². The first-order valence-electron chi connectivity index (χ1n) is 7.63. The predicted octanol–water partition coefficient (Wildman–Crippen LogP) is 6.80. The summed E-state index contributed by atoms with van der Waals surface area (Å²) in [5.74, 6) is 0. The van der Waals surface area contributed by atoms with E-state index in [1.54, 1.807) is 11.5 Å². The first kappa shape index (κ1) is 19.3. The average molecular weight is 305 g/mol. The van der Waals surface area contributed by atoms with E-state index in [0.29, 0.717) is 0 Å². The number of H-pyrrole nitrogens is 2. The van der Waals surface area contributed by atoms with Crippen molar-refractivity contribution in [2.24, 2.45) is 0 Å². The fourth-order valence-corrected chi connectivity index (χ4v) is 2.40. The molecule has 0 aliphatic heterocycles. The standard InChI is InChI=1S/C14H16N2S.2C2H6/c1-3-7-11-12(8-4-2)16-17-14-10-6-5-9-13(14)15-11;2*1-2/h3-10,15-16H,1-2H3;2*1-2H3/b7-3-,8-4-;;. The van der Waals surface area contributed by atoms with E-state index in [1.165, 1.54) is 4.70 Å². The van der Waals surface area contributed by atoms with Crippen molar-refractivity contribution in [2.75, 3.05) is 0 Å². The Hall–Kier alpha value is -1.74. The second-order valence-electron chi connectivity index (χ2n) is 3.65. The van der Waals surface area contributed by atoms with Gasteiger partial charge < -0.3 is 9.36 Å². The molecule has 2 N–H and O–H groups in total. The lowest BCUT2D eigenvalue weighted by Gasteiger charge is -1.95. The summed E-state index contributed by atoms with van der Waals surface area (Å²) in [4.78, 5) is 3.45. The lowest BCUT2D eigenvalue weighted by molar-refractivity contribution is 1.32. The maximum Gasteiger partial charge on any atom is 0.0709 e. The van der Waals surface area contributed by atoms with Gasteiger partial charge in [0.05, 0.1) is 21.6 Å². The molecule has 0 amide bonds. The number of hydrogen-bond acceptors (Lipinski definition) is 1. The van der Waals surface area contributed by atoms with Gasteiger partial charge in [-0.15, -0.1) is 0 Å². The first-order chi connectivity index (χ1) is 10.3. The largest absolute Gasteiger partial charge is 0.353 e. The number of benzene rings is 1. The van der Waals surface area contributed by atoms with E-state index >= 15 is 0 Å². The van der Waals surface area contributed by atoms with E-state index < -0.39 is 0 Å². The van der Waals surface area contributed by atoms with Gasteiger partial charge in [0.1, 0.15) is 0 Å². The lowest BCUT2D eigenvalue weighted by Crippen LogP contribution is -1.83. The molecule has 0 saturated heterocycles. The Balaban J connectivity index is 0.000000921. The highest BCUT2D eigenvalue weighted by molar-refractivity contribution is 7.12. The maximum atomic E-state index is 3.45. The zero-order chi connectivity index (χ0) is 16.1. The third kappa shape index (κ3) is 6.05. The lowest BCUT2D eigenvalue weighted by atomic mass is 10.2. The fraction of sp³-hybridized carbons (Fsp3) is 0.333. The molecule has 1 heterocycles. The fourth-order valence-electron chi connectivity index (χ4n) is 1.62. The van der Waals surface area contributed by atoms with Gasteiger partial charge in [0, 0.05) is 0 Å². The van der Waals surface area contributed by atoms with Crippen LogP contribution in [0.25, 0.3) is 22.4 Å². The monoisotopic (exact) mass is 304 g/mol. The van der Waals surface area contributed by atoms with Gasteiger partial charge in [0.15, 0.2) is 0 Å². The number of allylic oxidation sites excluding steroid dienone is 2. The summed E-state index contributed by atoms with van der Waals surface area (Å²) in [6.45, 7) is 12.0. The molecular weight excluding hydrogens is 276 g/mol. The van der Waals surface area contributed by atoms with Crippen LogP contribution in [0.4, 0.5) is 0 Å². The minimum atomic E-state index is 1.09.